The Kier molecular flexibility index (Phi) is 4.97. The van der Waals surface area contributed by atoms with Crippen LogP contribution in [0.25, 0.3) is 0 Å². The Labute approximate surface area is 85.9 Å². The number of nitrogens with one attached hydrogen (secondary N) is 2. The predicted octanol–water partition coefficient (Wildman–Crippen LogP) is 0.0288. The molecule has 0 bridgehead atoms. The monoisotopic (exact) mass is 206 g/mol. The van der Waals surface area contributed by atoms with E-state index in [1.807, 2.05) is 27.7 Å². The van der Waals surface area contributed by atoms with Gasteiger partial charge in [-0.15, -0.1) is 0 Å². The zero-order chi connectivity index (χ0) is 11.4. The molecule has 2 N–H and O–H groups in total. The maximum absolute atomic E-state index is 10.9. The van der Waals surface area contributed by atoms with E-state index in [-0.39, 0.29) is 5.23 Å². The summed E-state index contributed by atoms with van der Waals surface area (Å²) in [6.45, 7) is 7.53. The highest BCUT2D eigenvalue weighted by molar-refractivity contribution is 4.76. The lowest BCUT2D eigenvalue weighted by Gasteiger charge is -2.38. The fraction of sp³-hybridized carbons (Fsp3) is 1.00. The highest BCUT2D eigenvalue weighted by atomic mass is 16.9. The van der Waals surface area contributed by atoms with Crippen molar-refractivity contribution >= 4 is 0 Å². The van der Waals surface area contributed by atoms with Crippen LogP contribution in [0.4, 0.5) is 0 Å². The van der Waals surface area contributed by atoms with Crippen LogP contribution >= 0.6 is 0 Å². The summed E-state index contributed by atoms with van der Waals surface area (Å²) in [6, 6.07) is 0. The van der Waals surface area contributed by atoms with Crippen molar-refractivity contribution < 1.29 is 14.8 Å². The van der Waals surface area contributed by atoms with E-state index in [1.165, 1.54) is 7.05 Å². The van der Waals surface area contributed by atoms with Crippen molar-refractivity contribution in [2.45, 2.75) is 45.6 Å². The Morgan fingerprint density at radius 1 is 1.36 bits per heavy atom. The van der Waals surface area contributed by atoms with Crippen molar-refractivity contribution in [2.75, 3.05) is 14.2 Å². The van der Waals surface area contributed by atoms with Gasteiger partial charge in [-0.2, -0.15) is 4.84 Å². The highest BCUT2D eigenvalue weighted by Gasteiger charge is 2.33. The van der Waals surface area contributed by atoms with Crippen molar-refractivity contribution in [3.8, 4) is 0 Å². The number of methoxy groups -OCH3 is 1. The second kappa shape index (κ2) is 5.04. The molecular formula is C9H22N2O3. The molecule has 0 spiro atoms. The second-order valence-electron chi connectivity index (χ2n) is 4.02. The average molecular weight is 206 g/mol. The van der Waals surface area contributed by atoms with Gasteiger partial charge < -0.3 is 9.94 Å². The van der Waals surface area contributed by atoms with Gasteiger partial charge in [0.2, 0.25) is 0 Å². The third-order valence-electron chi connectivity index (χ3n) is 2.12. The van der Waals surface area contributed by atoms with Gasteiger partial charge in [-0.3, -0.25) is 5.32 Å². The van der Waals surface area contributed by atoms with Gasteiger partial charge in [0.25, 0.3) is 0 Å². The standard InChI is InChI=1S/C9H22N2O3/c1-7-9(4,14-11(5)12)10-8(2,3)13-6/h10-11H,7H2,1-6H3. The summed E-state index contributed by atoms with van der Waals surface area (Å²) in [7, 11) is 3.01. The molecule has 0 radical (unpaired) electrons. The summed E-state index contributed by atoms with van der Waals surface area (Å²) in [4.78, 5) is 5.19. The first-order valence-electron chi connectivity index (χ1n) is 4.79. The van der Waals surface area contributed by atoms with Crippen LogP contribution in [0, 0.1) is 5.21 Å². The Hall–Kier alpha value is -0.200. The van der Waals surface area contributed by atoms with Gasteiger partial charge in [-0.05, 0) is 27.2 Å². The lowest BCUT2D eigenvalue weighted by atomic mass is 10.1. The maximum atomic E-state index is 10.9. The van der Waals surface area contributed by atoms with Gasteiger partial charge >= 0.3 is 0 Å². The van der Waals surface area contributed by atoms with Crippen LogP contribution in [0.5, 0.6) is 0 Å². The van der Waals surface area contributed by atoms with E-state index in [9.17, 15) is 5.21 Å². The van der Waals surface area contributed by atoms with E-state index in [0.717, 1.165) is 0 Å². The average Bonchev–Trinajstić information content (AvgIpc) is 2.02. The van der Waals surface area contributed by atoms with E-state index >= 15 is 0 Å². The lowest BCUT2D eigenvalue weighted by molar-refractivity contribution is -1.05. The van der Waals surface area contributed by atoms with Crippen LogP contribution in [0.15, 0.2) is 0 Å². The van der Waals surface area contributed by atoms with Crippen LogP contribution in [0.3, 0.4) is 0 Å². The highest BCUT2D eigenvalue weighted by Crippen LogP contribution is 2.14. The molecule has 0 fully saturated rings. The number of hydroxylamine groups is 2. The van der Waals surface area contributed by atoms with Crippen LogP contribution in [0.2, 0.25) is 0 Å². The topological polar surface area (TPSA) is 58.0 Å². The van der Waals surface area contributed by atoms with Gasteiger partial charge in [0, 0.05) is 7.11 Å². The third-order valence-corrected chi connectivity index (χ3v) is 2.12. The molecular weight excluding hydrogens is 184 g/mol. The predicted molar refractivity (Wildman–Crippen MR) is 54.3 cm³/mol. The van der Waals surface area contributed by atoms with E-state index in [1.54, 1.807) is 7.11 Å². The summed E-state index contributed by atoms with van der Waals surface area (Å²) in [5.74, 6) is 0. The number of hydrogen-bond donors (Lipinski definition) is 2. The minimum atomic E-state index is -0.675. The van der Waals surface area contributed by atoms with Gasteiger partial charge in [-0.25, -0.2) is 5.23 Å². The summed E-state index contributed by atoms with van der Waals surface area (Å²) in [5.41, 5.74) is -1.19. The zero-order valence-corrected chi connectivity index (χ0v) is 9.93. The molecule has 0 amide bonds. The Morgan fingerprint density at radius 3 is 2.14 bits per heavy atom. The molecule has 5 heteroatoms. The molecule has 0 rings (SSSR count). The van der Waals surface area contributed by atoms with Crippen molar-refractivity contribution in [1.82, 2.24) is 5.32 Å². The molecule has 5 nitrogen and oxygen atoms in total. The SMILES string of the molecule is CCC(C)(NC(C)(C)OC)O[NH+](C)[O-]. The molecule has 14 heavy (non-hydrogen) atoms. The summed E-state index contributed by atoms with van der Waals surface area (Å²) < 4.78 is 5.21. The van der Waals surface area contributed by atoms with E-state index < -0.39 is 11.4 Å². The molecule has 0 aromatic carbocycles. The first-order valence-corrected chi connectivity index (χ1v) is 4.79. The maximum Gasteiger partial charge on any atom is 0.177 e. The summed E-state index contributed by atoms with van der Waals surface area (Å²) >= 11 is 0. The molecule has 0 aliphatic rings. The smallest absolute Gasteiger partial charge is 0.177 e. The Balaban J connectivity index is 4.39. The minimum Gasteiger partial charge on any atom is -0.600 e. The van der Waals surface area contributed by atoms with Crippen molar-refractivity contribution in [3.63, 3.8) is 0 Å². The molecule has 0 aromatic rings. The number of quaternary nitrogens is 1. The molecule has 0 saturated heterocycles. The second-order valence-corrected chi connectivity index (χ2v) is 4.02. The quantitative estimate of drug-likeness (QED) is 0.475. The Bertz CT molecular complexity index is 173. The van der Waals surface area contributed by atoms with Crippen LogP contribution < -0.4 is 10.5 Å². The normalized spacial score (nSPS) is 19.1. The third kappa shape index (κ3) is 4.88. The van der Waals surface area contributed by atoms with Crippen LogP contribution in [-0.4, -0.2) is 25.6 Å². The number of hydrogen-bond acceptors (Lipinski definition) is 4. The van der Waals surface area contributed by atoms with Crippen LogP contribution in [0.1, 0.15) is 34.1 Å². The first-order chi connectivity index (χ1) is 6.24. The number of ether oxygens (including phenoxy) is 1. The van der Waals surface area contributed by atoms with Crippen molar-refractivity contribution in [1.29, 1.82) is 0 Å². The number of rotatable bonds is 6. The zero-order valence-electron chi connectivity index (χ0n) is 9.93. The molecule has 0 aliphatic heterocycles. The summed E-state index contributed by atoms with van der Waals surface area (Å²) in [5, 5.41) is 13.7. The van der Waals surface area contributed by atoms with Gasteiger partial charge in [0.1, 0.15) is 5.72 Å². The van der Waals surface area contributed by atoms with E-state index in [0.29, 0.717) is 6.42 Å². The van der Waals surface area contributed by atoms with Gasteiger partial charge in [-0.1, -0.05) is 6.92 Å². The Morgan fingerprint density at radius 2 is 1.86 bits per heavy atom. The molecule has 86 valence electrons. The lowest BCUT2D eigenvalue weighted by Crippen LogP contribution is -3.05. The summed E-state index contributed by atoms with van der Waals surface area (Å²) in [6.07, 6.45) is 0.680. The van der Waals surface area contributed by atoms with E-state index in [2.05, 4.69) is 5.32 Å². The van der Waals surface area contributed by atoms with Crippen LogP contribution in [-0.2, 0) is 9.57 Å². The molecule has 0 aromatic heterocycles. The largest absolute Gasteiger partial charge is 0.600 e. The molecule has 2 atom stereocenters. The fourth-order valence-corrected chi connectivity index (χ4v) is 1.19. The molecule has 0 heterocycles. The fourth-order valence-electron chi connectivity index (χ4n) is 1.19. The molecule has 0 saturated carbocycles. The van der Waals surface area contributed by atoms with Gasteiger partial charge in [0.05, 0.1) is 7.05 Å². The van der Waals surface area contributed by atoms with Gasteiger partial charge in [0.15, 0.2) is 5.72 Å². The molecule has 2 unspecified atom stereocenters. The minimum absolute atomic E-state index is 0.297. The van der Waals surface area contributed by atoms with Crippen molar-refractivity contribution in [2.24, 2.45) is 0 Å². The first kappa shape index (κ1) is 13.8. The van der Waals surface area contributed by atoms with Crippen molar-refractivity contribution in [3.05, 3.63) is 5.21 Å². The van der Waals surface area contributed by atoms with E-state index in [4.69, 9.17) is 9.57 Å². The molecule has 0 aliphatic carbocycles.